The number of hydrogen-bond acceptors (Lipinski definition) is 3. The number of carbonyl (C=O) groups is 2. The van der Waals surface area contributed by atoms with Crippen LogP contribution >= 0.6 is 0 Å². The monoisotopic (exact) mass is 220 g/mol. The summed E-state index contributed by atoms with van der Waals surface area (Å²) in [5, 5.41) is 18.3. The fourth-order valence-corrected chi connectivity index (χ4v) is 2.14. The van der Waals surface area contributed by atoms with Gasteiger partial charge in [0.25, 0.3) is 0 Å². The second-order valence-electron chi connectivity index (χ2n) is 3.93. The van der Waals surface area contributed by atoms with E-state index in [0.717, 1.165) is 5.56 Å². The van der Waals surface area contributed by atoms with Crippen LogP contribution in [-0.2, 0) is 16.0 Å². The average Bonchev–Trinajstić information content (AvgIpc) is 2.28. The predicted octanol–water partition coefficient (Wildman–Crippen LogP) is 0.731. The van der Waals surface area contributed by atoms with Crippen molar-refractivity contribution in [1.29, 1.82) is 0 Å². The van der Waals surface area contributed by atoms with Gasteiger partial charge in [0.15, 0.2) is 6.10 Å². The van der Waals surface area contributed by atoms with E-state index in [1.807, 2.05) is 12.1 Å². The lowest BCUT2D eigenvalue weighted by molar-refractivity contribution is -0.150. The number of carbonyl (C=O) groups excluding carboxylic acids is 1. The van der Waals surface area contributed by atoms with Crippen molar-refractivity contribution in [2.24, 2.45) is 0 Å². The van der Waals surface area contributed by atoms with Crippen LogP contribution in [0.2, 0.25) is 0 Å². The number of carboxylic acids is 1. The molecular weight excluding hydrogens is 208 g/mol. The minimum absolute atomic E-state index is 0.200. The summed E-state index contributed by atoms with van der Waals surface area (Å²) in [6.07, 6.45) is -0.724. The average molecular weight is 220 g/mol. The second kappa shape index (κ2) is 4.06. The van der Waals surface area contributed by atoms with Gasteiger partial charge in [0.05, 0.1) is 5.92 Å². The van der Waals surface area contributed by atoms with Gasteiger partial charge in [-0.25, -0.2) is 4.79 Å². The van der Waals surface area contributed by atoms with E-state index >= 15 is 0 Å². The molecule has 2 rings (SSSR count). The Balaban J connectivity index is 2.44. The predicted molar refractivity (Wildman–Crippen MR) is 56.2 cm³/mol. The summed E-state index contributed by atoms with van der Waals surface area (Å²) in [5.74, 6) is -2.47. The molecule has 1 aromatic carbocycles. The molecule has 16 heavy (non-hydrogen) atoms. The van der Waals surface area contributed by atoms with Crippen LogP contribution in [0.15, 0.2) is 24.3 Å². The zero-order valence-corrected chi connectivity index (χ0v) is 8.59. The molecule has 0 saturated heterocycles. The van der Waals surface area contributed by atoms with E-state index in [1.54, 1.807) is 12.1 Å². The first-order chi connectivity index (χ1) is 7.61. The summed E-state index contributed by atoms with van der Waals surface area (Å²) >= 11 is 0. The molecule has 0 bridgehead atoms. The van der Waals surface area contributed by atoms with Crippen molar-refractivity contribution in [2.75, 3.05) is 0 Å². The van der Waals surface area contributed by atoms with Gasteiger partial charge in [0, 0.05) is 6.42 Å². The number of aliphatic hydroxyl groups excluding tert-OH is 1. The standard InChI is InChI=1S/C12H12O4/c13-9-6-5-7-3-1-2-4-8(7)10(9)11(14)12(15)16/h1-4,10-11,14H,5-6H2,(H,15,16). The van der Waals surface area contributed by atoms with Crippen molar-refractivity contribution in [3.63, 3.8) is 0 Å². The minimum atomic E-state index is -1.64. The SMILES string of the molecule is O=C(O)C(O)C1C(=O)CCc2ccccc21. The van der Waals surface area contributed by atoms with Crippen LogP contribution in [0.4, 0.5) is 0 Å². The molecule has 0 aliphatic heterocycles. The Morgan fingerprint density at radius 2 is 2.00 bits per heavy atom. The summed E-state index contributed by atoms with van der Waals surface area (Å²) in [6.45, 7) is 0. The fraction of sp³-hybridized carbons (Fsp3) is 0.333. The zero-order chi connectivity index (χ0) is 11.7. The smallest absolute Gasteiger partial charge is 0.333 e. The van der Waals surface area contributed by atoms with Crippen LogP contribution in [0.3, 0.4) is 0 Å². The summed E-state index contributed by atoms with van der Waals surface area (Å²) in [6, 6.07) is 7.17. The number of carboxylic acid groups (broad SMARTS) is 1. The molecule has 1 aliphatic rings. The number of Topliss-reactive ketones (excluding diaryl/α,β-unsaturated/α-hetero) is 1. The summed E-state index contributed by atoms with van der Waals surface area (Å²) in [5.41, 5.74) is 1.60. The van der Waals surface area contributed by atoms with E-state index in [9.17, 15) is 14.7 Å². The van der Waals surface area contributed by atoms with Crippen LogP contribution in [0.5, 0.6) is 0 Å². The molecule has 84 valence electrons. The van der Waals surface area contributed by atoms with Crippen molar-refractivity contribution >= 4 is 11.8 Å². The maximum absolute atomic E-state index is 11.7. The first-order valence-corrected chi connectivity index (χ1v) is 5.12. The van der Waals surface area contributed by atoms with Crippen LogP contribution < -0.4 is 0 Å². The molecule has 0 radical (unpaired) electrons. The van der Waals surface area contributed by atoms with E-state index in [2.05, 4.69) is 0 Å². The zero-order valence-electron chi connectivity index (χ0n) is 8.59. The third-order valence-electron chi connectivity index (χ3n) is 2.95. The Labute approximate surface area is 92.5 Å². The van der Waals surface area contributed by atoms with Gasteiger partial charge in [-0.15, -0.1) is 0 Å². The molecule has 0 spiro atoms. The van der Waals surface area contributed by atoms with E-state index in [4.69, 9.17) is 5.11 Å². The number of aryl methyl sites for hydroxylation is 1. The lowest BCUT2D eigenvalue weighted by Gasteiger charge is -2.26. The molecule has 0 saturated carbocycles. The first-order valence-electron chi connectivity index (χ1n) is 5.12. The Morgan fingerprint density at radius 3 is 2.69 bits per heavy atom. The Morgan fingerprint density at radius 1 is 1.31 bits per heavy atom. The molecule has 4 heteroatoms. The molecule has 4 nitrogen and oxygen atoms in total. The molecule has 2 unspecified atom stereocenters. The van der Waals surface area contributed by atoms with E-state index < -0.39 is 18.0 Å². The van der Waals surface area contributed by atoms with Gasteiger partial charge < -0.3 is 10.2 Å². The lowest BCUT2D eigenvalue weighted by atomic mass is 9.79. The van der Waals surface area contributed by atoms with Gasteiger partial charge in [-0.3, -0.25) is 4.79 Å². The van der Waals surface area contributed by atoms with Crippen molar-refractivity contribution in [2.45, 2.75) is 24.9 Å². The number of ketones is 1. The highest BCUT2D eigenvalue weighted by Gasteiger charge is 2.36. The fourth-order valence-electron chi connectivity index (χ4n) is 2.14. The second-order valence-corrected chi connectivity index (χ2v) is 3.93. The molecule has 0 aromatic heterocycles. The summed E-state index contributed by atoms with van der Waals surface area (Å²) in [4.78, 5) is 22.4. The topological polar surface area (TPSA) is 74.6 Å². The maximum atomic E-state index is 11.7. The normalized spacial score (nSPS) is 21.3. The minimum Gasteiger partial charge on any atom is -0.479 e. The number of hydrogen-bond donors (Lipinski definition) is 2. The molecule has 2 N–H and O–H groups in total. The first kappa shape index (κ1) is 10.8. The van der Waals surface area contributed by atoms with Crippen LogP contribution in [0.1, 0.15) is 23.5 Å². The molecule has 0 heterocycles. The third kappa shape index (κ3) is 1.72. The van der Waals surface area contributed by atoms with Crippen LogP contribution in [-0.4, -0.2) is 28.1 Å². The summed E-state index contributed by atoms with van der Waals surface area (Å²) in [7, 11) is 0. The van der Waals surface area contributed by atoms with Crippen molar-refractivity contribution < 1.29 is 19.8 Å². The van der Waals surface area contributed by atoms with E-state index in [0.29, 0.717) is 18.4 Å². The van der Waals surface area contributed by atoms with Crippen molar-refractivity contribution in [1.82, 2.24) is 0 Å². The van der Waals surface area contributed by atoms with Gasteiger partial charge in [0.1, 0.15) is 5.78 Å². The van der Waals surface area contributed by atoms with Gasteiger partial charge in [0.2, 0.25) is 0 Å². The van der Waals surface area contributed by atoms with Crippen molar-refractivity contribution in [3.8, 4) is 0 Å². The van der Waals surface area contributed by atoms with E-state index in [-0.39, 0.29) is 5.78 Å². The molecule has 1 aliphatic carbocycles. The Hall–Kier alpha value is -1.68. The number of benzene rings is 1. The Bertz CT molecular complexity index is 438. The lowest BCUT2D eigenvalue weighted by Crippen LogP contribution is -2.35. The number of aliphatic hydroxyl groups is 1. The largest absolute Gasteiger partial charge is 0.479 e. The highest BCUT2D eigenvalue weighted by atomic mass is 16.4. The van der Waals surface area contributed by atoms with Crippen LogP contribution in [0, 0.1) is 0 Å². The van der Waals surface area contributed by atoms with Crippen LogP contribution in [0.25, 0.3) is 0 Å². The molecular formula is C12H12O4. The molecule has 0 fully saturated rings. The van der Waals surface area contributed by atoms with Gasteiger partial charge >= 0.3 is 5.97 Å². The Kier molecular flexibility index (Phi) is 2.75. The van der Waals surface area contributed by atoms with Gasteiger partial charge in [-0.1, -0.05) is 24.3 Å². The summed E-state index contributed by atoms with van der Waals surface area (Å²) < 4.78 is 0. The van der Waals surface area contributed by atoms with E-state index in [1.165, 1.54) is 0 Å². The number of fused-ring (bicyclic) bond motifs is 1. The highest BCUT2D eigenvalue weighted by Crippen LogP contribution is 2.31. The third-order valence-corrected chi connectivity index (χ3v) is 2.95. The maximum Gasteiger partial charge on any atom is 0.333 e. The number of aliphatic carboxylic acids is 1. The quantitative estimate of drug-likeness (QED) is 0.770. The van der Waals surface area contributed by atoms with Gasteiger partial charge in [-0.05, 0) is 17.5 Å². The molecule has 2 atom stereocenters. The highest BCUT2D eigenvalue weighted by molar-refractivity contribution is 5.93. The van der Waals surface area contributed by atoms with Gasteiger partial charge in [-0.2, -0.15) is 0 Å². The van der Waals surface area contributed by atoms with Crippen molar-refractivity contribution in [3.05, 3.63) is 35.4 Å². The molecule has 0 amide bonds. The number of rotatable bonds is 2. The molecule has 1 aromatic rings.